The number of carbonyl (C=O) groups is 3. The maximum Gasteiger partial charge on any atom is 0.303 e. The molecule has 11 nitrogen and oxygen atoms in total. The van der Waals surface area contributed by atoms with Gasteiger partial charge in [-0.15, -0.1) is 10.2 Å². The van der Waals surface area contributed by atoms with E-state index in [4.69, 9.17) is 4.74 Å². The van der Waals surface area contributed by atoms with Crippen molar-refractivity contribution in [3.8, 4) is 11.4 Å². The zero-order valence-corrected chi connectivity index (χ0v) is 21.4. The van der Waals surface area contributed by atoms with Crippen LogP contribution in [0.4, 0.5) is 11.4 Å². The number of nitrogens with one attached hydrogen (secondary N) is 4. The van der Waals surface area contributed by atoms with Gasteiger partial charge in [-0.25, -0.2) is 0 Å². The summed E-state index contributed by atoms with van der Waals surface area (Å²) in [5.74, 6) is -1.20. The summed E-state index contributed by atoms with van der Waals surface area (Å²) in [6.45, 7) is 1.25. The first-order chi connectivity index (χ1) is 18.4. The molecule has 0 spiro atoms. The number of para-hydroxylation sites is 1. The molecule has 0 saturated carbocycles. The molecule has 5 aromatic rings. The van der Waals surface area contributed by atoms with Crippen molar-refractivity contribution in [1.82, 2.24) is 25.6 Å². The van der Waals surface area contributed by atoms with Crippen molar-refractivity contribution in [1.29, 1.82) is 0 Å². The van der Waals surface area contributed by atoms with Gasteiger partial charge in [0, 0.05) is 27.9 Å². The summed E-state index contributed by atoms with van der Waals surface area (Å²) < 4.78 is 6.08. The topological polar surface area (TPSA) is 155 Å². The molecule has 0 aliphatic heterocycles. The van der Waals surface area contributed by atoms with Crippen molar-refractivity contribution >= 4 is 56.0 Å². The van der Waals surface area contributed by atoms with E-state index in [9.17, 15) is 14.4 Å². The largest absolute Gasteiger partial charge is 0.447 e. The molecule has 38 heavy (non-hydrogen) atoms. The van der Waals surface area contributed by atoms with Gasteiger partial charge in [-0.05, 0) is 35.5 Å². The summed E-state index contributed by atoms with van der Waals surface area (Å²) in [6.07, 6.45) is -1.14. The average molecular weight is 574 g/mol. The Morgan fingerprint density at radius 2 is 1.76 bits per heavy atom. The first-order valence-corrected chi connectivity index (χ1v) is 12.2. The fourth-order valence-corrected chi connectivity index (χ4v) is 4.28. The molecule has 3 aromatic carbocycles. The molecule has 5 rings (SSSR count). The van der Waals surface area contributed by atoms with Gasteiger partial charge in [-0.2, -0.15) is 5.21 Å². The third-order valence-electron chi connectivity index (χ3n) is 5.60. The van der Waals surface area contributed by atoms with Gasteiger partial charge in [0.1, 0.15) is 5.69 Å². The molecule has 2 aromatic heterocycles. The monoisotopic (exact) mass is 573 g/mol. The fraction of sp³-hybridized carbons (Fsp3) is 0.0769. The fourth-order valence-electron chi connectivity index (χ4n) is 3.92. The molecule has 0 bridgehead atoms. The van der Waals surface area contributed by atoms with E-state index in [0.717, 1.165) is 4.47 Å². The van der Waals surface area contributed by atoms with Crippen LogP contribution in [0, 0.1) is 0 Å². The number of H-pyrrole nitrogens is 2. The number of carbonyl (C=O) groups excluding carboxylic acids is 3. The minimum atomic E-state index is -1.14. The number of esters is 1. The molecule has 12 heteroatoms. The number of aromatic amines is 2. The minimum absolute atomic E-state index is 0.267. The number of anilines is 2. The van der Waals surface area contributed by atoms with Gasteiger partial charge in [0.05, 0.1) is 16.9 Å². The molecule has 1 atom stereocenters. The highest BCUT2D eigenvalue weighted by atomic mass is 79.9. The summed E-state index contributed by atoms with van der Waals surface area (Å²) >= 11 is 3.41. The zero-order chi connectivity index (χ0) is 26.6. The number of halogens is 1. The van der Waals surface area contributed by atoms with E-state index < -0.39 is 23.9 Å². The van der Waals surface area contributed by atoms with Gasteiger partial charge >= 0.3 is 5.97 Å². The lowest BCUT2D eigenvalue weighted by Crippen LogP contribution is -2.25. The molecular weight excluding hydrogens is 554 g/mol. The summed E-state index contributed by atoms with van der Waals surface area (Å²) in [7, 11) is 0. The Kier molecular flexibility index (Phi) is 6.96. The molecule has 0 fully saturated rings. The Morgan fingerprint density at radius 1 is 0.947 bits per heavy atom. The molecular formula is C26H20BrN7O4. The van der Waals surface area contributed by atoms with Gasteiger partial charge in [0.2, 0.25) is 11.9 Å². The Bertz CT molecular complexity index is 1630. The highest BCUT2D eigenvalue weighted by Gasteiger charge is 2.25. The number of hydrogen-bond donors (Lipinski definition) is 4. The SMILES string of the molecule is CC(=O)OC(C(=O)Nc1cccc2cc(C(=O)Nc3ccc(Br)cc3-c3nn[nH]n3)[nH]c12)c1ccccc1. The van der Waals surface area contributed by atoms with E-state index in [-0.39, 0.29) is 5.69 Å². The number of hydrogen-bond acceptors (Lipinski definition) is 7. The van der Waals surface area contributed by atoms with Gasteiger partial charge in [0.25, 0.3) is 11.8 Å². The van der Waals surface area contributed by atoms with Crippen molar-refractivity contribution in [3.05, 3.63) is 88.5 Å². The van der Waals surface area contributed by atoms with E-state index in [0.29, 0.717) is 39.2 Å². The van der Waals surface area contributed by atoms with Crippen molar-refractivity contribution in [2.75, 3.05) is 10.6 Å². The number of rotatable bonds is 7. The van der Waals surface area contributed by atoms with E-state index in [2.05, 4.69) is 52.2 Å². The molecule has 0 aliphatic carbocycles. The van der Waals surface area contributed by atoms with Crippen LogP contribution < -0.4 is 10.6 Å². The first kappa shape index (κ1) is 24.8. The number of fused-ring (bicyclic) bond motifs is 1. The van der Waals surface area contributed by atoms with Crippen LogP contribution in [-0.4, -0.2) is 43.4 Å². The van der Waals surface area contributed by atoms with Crippen LogP contribution in [-0.2, 0) is 14.3 Å². The molecule has 0 saturated heterocycles. The lowest BCUT2D eigenvalue weighted by molar-refractivity contribution is -0.152. The summed E-state index contributed by atoms with van der Waals surface area (Å²) in [4.78, 5) is 41.1. The smallest absolute Gasteiger partial charge is 0.303 e. The number of tetrazole rings is 1. The Morgan fingerprint density at radius 3 is 2.50 bits per heavy atom. The quantitative estimate of drug-likeness (QED) is 0.207. The third-order valence-corrected chi connectivity index (χ3v) is 6.09. The number of aromatic nitrogens is 5. The van der Waals surface area contributed by atoms with Crippen molar-refractivity contribution in [2.24, 2.45) is 0 Å². The Hall–Kier alpha value is -4.84. The molecule has 190 valence electrons. The highest BCUT2D eigenvalue weighted by Crippen LogP contribution is 2.30. The highest BCUT2D eigenvalue weighted by molar-refractivity contribution is 9.10. The van der Waals surface area contributed by atoms with Crippen LogP contribution in [0.1, 0.15) is 29.1 Å². The van der Waals surface area contributed by atoms with Crippen LogP contribution in [0.3, 0.4) is 0 Å². The molecule has 0 aliphatic rings. The maximum atomic E-state index is 13.2. The summed E-state index contributed by atoms with van der Waals surface area (Å²) in [5, 5.41) is 20.4. The van der Waals surface area contributed by atoms with Crippen molar-refractivity contribution in [2.45, 2.75) is 13.0 Å². The van der Waals surface area contributed by atoms with Crippen LogP contribution in [0.15, 0.2) is 77.3 Å². The van der Waals surface area contributed by atoms with Crippen molar-refractivity contribution in [3.63, 3.8) is 0 Å². The Balaban J connectivity index is 1.41. The van der Waals surface area contributed by atoms with E-state index >= 15 is 0 Å². The second-order valence-corrected chi connectivity index (χ2v) is 9.14. The minimum Gasteiger partial charge on any atom is -0.447 e. The van der Waals surface area contributed by atoms with Crippen LogP contribution in [0.25, 0.3) is 22.3 Å². The second-order valence-electron chi connectivity index (χ2n) is 8.22. The molecule has 2 heterocycles. The maximum absolute atomic E-state index is 13.2. The summed E-state index contributed by atoms with van der Waals surface area (Å²) in [6, 6.07) is 20.9. The number of benzene rings is 3. The lowest BCUT2D eigenvalue weighted by Gasteiger charge is -2.17. The second kappa shape index (κ2) is 10.6. The Labute approximate surface area is 224 Å². The third kappa shape index (κ3) is 5.30. The standard InChI is InChI=1S/C26H20BrN7O4/c1-14(35)38-23(15-6-3-2-4-7-15)26(37)30-20-9-5-8-16-12-21(28-22(16)20)25(36)29-19-11-10-17(27)13-18(19)24-31-33-34-32-24/h2-13,23,28H,1H3,(H,29,36)(H,30,37)(H,31,32,33,34). The van der Waals surface area contributed by atoms with Crippen LogP contribution in [0.5, 0.6) is 0 Å². The predicted octanol–water partition coefficient (Wildman–Crippen LogP) is 4.61. The number of amides is 2. The first-order valence-electron chi connectivity index (χ1n) is 11.4. The molecule has 2 amide bonds. The van der Waals surface area contributed by atoms with E-state index in [1.807, 2.05) is 6.07 Å². The number of ether oxygens (including phenoxy) is 1. The van der Waals surface area contributed by atoms with Gasteiger partial charge in [-0.1, -0.05) is 58.4 Å². The van der Waals surface area contributed by atoms with Crippen LogP contribution in [0.2, 0.25) is 0 Å². The normalized spacial score (nSPS) is 11.6. The van der Waals surface area contributed by atoms with E-state index in [1.165, 1.54) is 6.92 Å². The lowest BCUT2D eigenvalue weighted by atomic mass is 10.1. The average Bonchev–Trinajstić information content (AvgIpc) is 3.60. The molecule has 4 N–H and O–H groups in total. The van der Waals surface area contributed by atoms with Gasteiger partial charge in [-0.3, -0.25) is 14.4 Å². The van der Waals surface area contributed by atoms with E-state index in [1.54, 1.807) is 66.7 Å². The molecule has 1 unspecified atom stereocenters. The molecule has 0 radical (unpaired) electrons. The van der Waals surface area contributed by atoms with Crippen LogP contribution >= 0.6 is 15.9 Å². The number of nitrogens with zero attached hydrogens (tertiary/aromatic N) is 3. The zero-order valence-electron chi connectivity index (χ0n) is 19.9. The predicted molar refractivity (Wildman–Crippen MR) is 143 cm³/mol. The van der Waals surface area contributed by atoms with Crippen molar-refractivity contribution < 1.29 is 19.1 Å². The van der Waals surface area contributed by atoms with Gasteiger partial charge < -0.3 is 20.4 Å². The van der Waals surface area contributed by atoms with Gasteiger partial charge in [0.15, 0.2) is 0 Å². The summed E-state index contributed by atoms with van der Waals surface area (Å²) in [5.41, 5.74) is 2.82.